The summed E-state index contributed by atoms with van der Waals surface area (Å²) >= 11 is 0. The van der Waals surface area contributed by atoms with E-state index in [4.69, 9.17) is 0 Å². The number of halogens is 1. The maximum absolute atomic E-state index is 13.3. The molecular weight excluding hydrogens is 367 g/mol. The van der Waals surface area contributed by atoms with Crippen LogP contribution in [0.25, 0.3) is 11.3 Å². The molecule has 0 N–H and O–H groups in total. The van der Waals surface area contributed by atoms with E-state index in [1.807, 2.05) is 6.20 Å². The minimum atomic E-state index is -0.242. The quantitative estimate of drug-likeness (QED) is 0.645. The van der Waals surface area contributed by atoms with Crippen LogP contribution in [0.4, 0.5) is 10.2 Å². The molecule has 1 aliphatic heterocycles. The van der Waals surface area contributed by atoms with Crippen LogP contribution in [-0.2, 0) is 13.1 Å². The molecule has 2 aliphatic rings. The number of anilines is 1. The highest BCUT2D eigenvalue weighted by atomic mass is 19.1. The van der Waals surface area contributed by atoms with Gasteiger partial charge in [0, 0.05) is 69.0 Å². The van der Waals surface area contributed by atoms with Crippen molar-refractivity contribution in [1.82, 2.24) is 24.6 Å². The van der Waals surface area contributed by atoms with Crippen LogP contribution >= 0.6 is 0 Å². The van der Waals surface area contributed by atoms with Crippen molar-refractivity contribution in [2.45, 2.75) is 25.9 Å². The monoisotopic (exact) mass is 392 g/mol. The Kier molecular flexibility index (Phi) is 4.97. The number of hydrogen-bond acceptors (Lipinski definition) is 5. The zero-order valence-corrected chi connectivity index (χ0v) is 16.4. The number of hydrogen-bond donors (Lipinski definition) is 0. The van der Waals surface area contributed by atoms with Crippen LogP contribution in [-0.4, -0.2) is 50.8 Å². The summed E-state index contributed by atoms with van der Waals surface area (Å²) < 4.78 is 15.4. The van der Waals surface area contributed by atoms with E-state index in [2.05, 4.69) is 35.7 Å². The Balaban J connectivity index is 1.23. The molecule has 2 aromatic heterocycles. The fourth-order valence-corrected chi connectivity index (χ4v) is 3.90. The molecule has 1 saturated heterocycles. The average Bonchev–Trinajstić information content (AvgIpc) is 3.46. The molecule has 7 heteroatoms. The fourth-order valence-electron chi connectivity index (χ4n) is 3.90. The van der Waals surface area contributed by atoms with E-state index in [1.165, 1.54) is 30.5 Å². The fraction of sp³-hybridized carbons (Fsp3) is 0.409. The summed E-state index contributed by atoms with van der Waals surface area (Å²) in [5.41, 5.74) is 2.98. The molecule has 2 fully saturated rings. The molecule has 1 aliphatic carbocycles. The third kappa shape index (κ3) is 4.29. The summed E-state index contributed by atoms with van der Waals surface area (Å²) in [5, 5.41) is 4.51. The van der Waals surface area contributed by atoms with Gasteiger partial charge in [-0.25, -0.2) is 9.37 Å². The smallest absolute Gasteiger partial charge is 0.155 e. The van der Waals surface area contributed by atoms with E-state index >= 15 is 0 Å². The number of benzene rings is 1. The summed E-state index contributed by atoms with van der Waals surface area (Å²) in [4.78, 5) is 13.8. The van der Waals surface area contributed by atoms with Gasteiger partial charge < -0.3 is 4.90 Å². The highest BCUT2D eigenvalue weighted by Gasteiger charge is 2.23. The Hall–Kier alpha value is -2.80. The molecule has 0 radical (unpaired) electrons. The second kappa shape index (κ2) is 7.91. The standard InChI is InChI=1S/C22H25FN6/c23-20-5-3-19(4-6-20)21-22(25-8-7-24-21)28-11-9-27(10-12-28)14-18-13-26-29(16-18)15-17-1-2-17/h3-8,13,16-17H,1-2,9-12,14-15H2. The molecule has 0 amide bonds. The van der Waals surface area contributed by atoms with Crippen LogP contribution < -0.4 is 4.90 Å². The van der Waals surface area contributed by atoms with Gasteiger partial charge in [-0.2, -0.15) is 5.10 Å². The minimum Gasteiger partial charge on any atom is -0.352 e. The number of aromatic nitrogens is 4. The minimum absolute atomic E-state index is 0.242. The summed E-state index contributed by atoms with van der Waals surface area (Å²) in [7, 11) is 0. The van der Waals surface area contributed by atoms with Gasteiger partial charge in [-0.3, -0.25) is 14.6 Å². The zero-order valence-electron chi connectivity index (χ0n) is 16.4. The van der Waals surface area contributed by atoms with Crippen LogP contribution in [0.3, 0.4) is 0 Å². The second-order valence-corrected chi connectivity index (χ2v) is 8.01. The molecule has 1 saturated carbocycles. The van der Waals surface area contributed by atoms with E-state index in [0.717, 1.165) is 62.3 Å². The van der Waals surface area contributed by atoms with Crippen molar-refractivity contribution in [3.63, 3.8) is 0 Å². The zero-order chi connectivity index (χ0) is 19.6. The predicted molar refractivity (Wildman–Crippen MR) is 110 cm³/mol. The molecule has 1 aromatic carbocycles. The van der Waals surface area contributed by atoms with Gasteiger partial charge in [-0.15, -0.1) is 0 Å². The van der Waals surface area contributed by atoms with Gasteiger partial charge in [0.1, 0.15) is 11.5 Å². The molecule has 0 spiro atoms. The first kappa shape index (κ1) is 18.2. The van der Waals surface area contributed by atoms with Gasteiger partial charge in [0.05, 0.1) is 6.20 Å². The largest absolute Gasteiger partial charge is 0.352 e. The van der Waals surface area contributed by atoms with Crippen molar-refractivity contribution < 1.29 is 4.39 Å². The summed E-state index contributed by atoms with van der Waals surface area (Å²) in [6.07, 6.45) is 10.3. The lowest BCUT2D eigenvalue weighted by Gasteiger charge is -2.35. The first-order valence-electron chi connectivity index (χ1n) is 10.3. The summed E-state index contributed by atoms with van der Waals surface area (Å²) in [6, 6.07) is 6.46. The number of rotatable bonds is 6. The van der Waals surface area contributed by atoms with Crippen LogP contribution in [0, 0.1) is 11.7 Å². The van der Waals surface area contributed by atoms with Gasteiger partial charge in [0.15, 0.2) is 5.82 Å². The summed E-state index contributed by atoms with van der Waals surface area (Å²) in [5.74, 6) is 1.47. The van der Waals surface area contributed by atoms with E-state index in [1.54, 1.807) is 24.5 Å². The Labute approximate surface area is 170 Å². The third-order valence-corrected chi connectivity index (χ3v) is 5.70. The molecule has 3 aromatic rings. The lowest BCUT2D eigenvalue weighted by atomic mass is 10.1. The highest BCUT2D eigenvalue weighted by Crippen LogP contribution is 2.30. The second-order valence-electron chi connectivity index (χ2n) is 8.01. The van der Waals surface area contributed by atoms with Crippen LogP contribution in [0.15, 0.2) is 49.1 Å². The highest BCUT2D eigenvalue weighted by molar-refractivity contribution is 5.72. The number of piperazine rings is 1. The first-order chi connectivity index (χ1) is 14.2. The van der Waals surface area contributed by atoms with Crippen LogP contribution in [0.2, 0.25) is 0 Å². The molecule has 0 bridgehead atoms. The van der Waals surface area contributed by atoms with Gasteiger partial charge in [0.25, 0.3) is 0 Å². The van der Waals surface area contributed by atoms with Crippen LogP contribution in [0.5, 0.6) is 0 Å². The van der Waals surface area contributed by atoms with E-state index < -0.39 is 0 Å². The SMILES string of the molecule is Fc1ccc(-c2nccnc2N2CCN(Cc3cnn(CC4CC4)c3)CC2)cc1. The summed E-state index contributed by atoms with van der Waals surface area (Å²) in [6.45, 7) is 5.71. The molecule has 0 atom stereocenters. The Bertz CT molecular complexity index is 957. The normalized spacial score (nSPS) is 17.6. The lowest BCUT2D eigenvalue weighted by Crippen LogP contribution is -2.46. The van der Waals surface area contributed by atoms with Gasteiger partial charge in [-0.1, -0.05) is 0 Å². The van der Waals surface area contributed by atoms with Gasteiger partial charge in [0.2, 0.25) is 0 Å². The van der Waals surface area contributed by atoms with Crippen molar-refractivity contribution >= 4 is 5.82 Å². The first-order valence-corrected chi connectivity index (χ1v) is 10.3. The maximum atomic E-state index is 13.3. The van der Waals surface area contributed by atoms with Crippen molar-refractivity contribution in [3.8, 4) is 11.3 Å². The van der Waals surface area contributed by atoms with Crippen molar-refractivity contribution in [1.29, 1.82) is 0 Å². The third-order valence-electron chi connectivity index (χ3n) is 5.70. The maximum Gasteiger partial charge on any atom is 0.155 e. The van der Waals surface area contributed by atoms with E-state index in [-0.39, 0.29) is 5.82 Å². The van der Waals surface area contributed by atoms with E-state index in [9.17, 15) is 4.39 Å². The van der Waals surface area contributed by atoms with Crippen LogP contribution in [0.1, 0.15) is 18.4 Å². The molecule has 3 heterocycles. The van der Waals surface area contributed by atoms with Crippen molar-refractivity contribution in [2.75, 3.05) is 31.1 Å². The lowest BCUT2D eigenvalue weighted by molar-refractivity contribution is 0.249. The molecular formula is C22H25FN6. The molecule has 0 unspecified atom stereocenters. The average molecular weight is 392 g/mol. The molecule has 6 nitrogen and oxygen atoms in total. The topological polar surface area (TPSA) is 50.1 Å². The van der Waals surface area contributed by atoms with Crippen molar-refractivity contribution in [3.05, 3.63) is 60.4 Å². The van der Waals surface area contributed by atoms with Gasteiger partial charge >= 0.3 is 0 Å². The number of nitrogens with zero attached hydrogens (tertiary/aromatic N) is 6. The molecule has 29 heavy (non-hydrogen) atoms. The Morgan fingerprint density at radius 2 is 1.72 bits per heavy atom. The molecule has 150 valence electrons. The van der Waals surface area contributed by atoms with Gasteiger partial charge in [-0.05, 0) is 43.0 Å². The molecule has 5 rings (SSSR count). The Morgan fingerprint density at radius 3 is 2.48 bits per heavy atom. The predicted octanol–water partition coefficient (Wildman–Crippen LogP) is 3.21. The van der Waals surface area contributed by atoms with Crippen molar-refractivity contribution in [2.24, 2.45) is 5.92 Å². The van der Waals surface area contributed by atoms with E-state index in [0.29, 0.717) is 0 Å². The Morgan fingerprint density at radius 1 is 0.966 bits per heavy atom.